The molecular weight excluding hydrogens is 236 g/mol. The topological polar surface area (TPSA) is 78.9 Å². The molecule has 1 aliphatic carbocycles. The monoisotopic (exact) mass is 258 g/mol. The smallest absolute Gasteiger partial charge is 0.328 e. The number of hydrogen-bond acceptors (Lipinski definition) is 3. The molecule has 6 nitrogen and oxygen atoms in total. The van der Waals surface area contributed by atoms with Crippen molar-refractivity contribution in [3.8, 4) is 0 Å². The molecule has 0 saturated heterocycles. The van der Waals surface area contributed by atoms with Crippen LogP contribution < -0.4 is 5.32 Å². The van der Waals surface area contributed by atoms with E-state index < -0.39 is 12.0 Å². The van der Waals surface area contributed by atoms with E-state index in [1.165, 1.54) is 7.11 Å². The Kier molecular flexibility index (Phi) is 5.91. The molecule has 1 fully saturated rings. The summed E-state index contributed by atoms with van der Waals surface area (Å²) in [7, 11) is 1.41. The fourth-order valence-corrected chi connectivity index (χ4v) is 2.36. The number of amides is 2. The molecule has 1 rings (SSSR count). The van der Waals surface area contributed by atoms with Crippen LogP contribution in [0.15, 0.2) is 0 Å². The van der Waals surface area contributed by atoms with Crippen molar-refractivity contribution in [1.29, 1.82) is 0 Å². The second-order valence-electron chi connectivity index (χ2n) is 4.52. The average molecular weight is 258 g/mol. The van der Waals surface area contributed by atoms with Crippen molar-refractivity contribution in [3.05, 3.63) is 0 Å². The molecule has 2 amide bonds. The van der Waals surface area contributed by atoms with E-state index in [0.29, 0.717) is 6.54 Å². The minimum Gasteiger partial charge on any atom is -0.480 e. The molecule has 0 bridgehead atoms. The number of hydrogen-bond donors (Lipinski definition) is 2. The third kappa shape index (κ3) is 3.87. The molecule has 0 aromatic heterocycles. The van der Waals surface area contributed by atoms with Gasteiger partial charge in [-0.25, -0.2) is 9.59 Å². The van der Waals surface area contributed by atoms with Gasteiger partial charge in [-0.1, -0.05) is 12.8 Å². The maximum Gasteiger partial charge on any atom is 0.328 e. The number of carboxylic acid groups (broad SMARTS) is 1. The largest absolute Gasteiger partial charge is 0.480 e. The van der Waals surface area contributed by atoms with Gasteiger partial charge in [0, 0.05) is 19.7 Å². The molecule has 0 aromatic rings. The van der Waals surface area contributed by atoms with Crippen LogP contribution in [0.1, 0.15) is 32.6 Å². The number of rotatable bonds is 6. The number of carbonyl (C=O) groups is 2. The molecule has 1 atom stereocenters. The zero-order chi connectivity index (χ0) is 13.5. The molecule has 0 aromatic carbocycles. The Balaban J connectivity index is 2.57. The van der Waals surface area contributed by atoms with E-state index in [4.69, 9.17) is 9.84 Å². The Morgan fingerprint density at radius 2 is 2.06 bits per heavy atom. The Hall–Kier alpha value is -1.30. The summed E-state index contributed by atoms with van der Waals surface area (Å²) >= 11 is 0. The Labute approximate surface area is 107 Å². The molecule has 0 spiro atoms. The summed E-state index contributed by atoms with van der Waals surface area (Å²) in [6.07, 6.45) is 4.27. The van der Waals surface area contributed by atoms with Gasteiger partial charge in [-0.2, -0.15) is 0 Å². The third-order valence-corrected chi connectivity index (χ3v) is 3.30. The first kappa shape index (κ1) is 14.8. The number of aliphatic carboxylic acids is 1. The van der Waals surface area contributed by atoms with Gasteiger partial charge in [0.2, 0.25) is 0 Å². The summed E-state index contributed by atoms with van der Waals surface area (Å²) in [6.45, 7) is 2.48. The van der Waals surface area contributed by atoms with Gasteiger partial charge in [-0.3, -0.25) is 0 Å². The van der Waals surface area contributed by atoms with Crippen LogP contribution >= 0.6 is 0 Å². The van der Waals surface area contributed by atoms with E-state index >= 15 is 0 Å². The fourth-order valence-electron chi connectivity index (χ4n) is 2.36. The van der Waals surface area contributed by atoms with Crippen LogP contribution in [0.5, 0.6) is 0 Å². The molecule has 1 unspecified atom stereocenters. The highest BCUT2D eigenvalue weighted by molar-refractivity contribution is 5.82. The van der Waals surface area contributed by atoms with Crippen LogP contribution in [0.2, 0.25) is 0 Å². The number of nitrogens with one attached hydrogen (secondary N) is 1. The highest BCUT2D eigenvalue weighted by atomic mass is 16.5. The minimum atomic E-state index is -1.08. The molecule has 2 N–H and O–H groups in total. The van der Waals surface area contributed by atoms with Crippen LogP contribution in [0.25, 0.3) is 0 Å². The molecule has 0 radical (unpaired) electrons. The lowest BCUT2D eigenvalue weighted by molar-refractivity contribution is -0.140. The number of nitrogens with zero attached hydrogens (tertiary/aromatic N) is 1. The number of carbonyl (C=O) groups excluding carboxylic acids is 1. The Morgan fingerprint density at radius 3 is 2.50 bits per heavy atom. The summed E-state index contributed by atoms with van der Waals surface area (Å²) in [4.78, 5) is 24.7. The lowest BCUT2D eigenvalue weighted by Crippen LogP contribution is -2.52. The van der Waals surface area contributed by atoms with E-state index in [2.05, 4.69) is 5.32 Å². The zero-order valence-electron chi connectivity index (χ0n) is 11.0. The van der Waals surface area contributed by atoms with Crippen LogP contribution in [0.3, 0.4) is 0 Å². The third-order valence-electron chi connectivity index (χ3n) is 3.30. The minimum absolute atomic E-state index is 0.0245. The van der Waals surface area contributed by atoms with Crippen molar-refractivity contribution >= 4 is 12.0 Å². The van der Waals surface area contributed by atoms with Crippen molar-refractivity contribution < 1.29 is 19.4 Å². The van der Waals surface area contributed by atoms with Gasteiger partial charge in [-0.05, 0) is 19.8 Å². The Morgan fingerprint density at radius 1 is 1.44 bits per heavy atom. The summed E-state index contributed by atoms with van der Waals surface area (Å²) < 4.78 is 4.79. The first-order valence-electron chi connectivity index (χ1n) is 6.39. The van der Waals surface area contributed by atoms with Gasteiger partial charge in [0.25, 0.3) is 0 Å². The van der Waals surface area contributed by atoms with Crippen molar-refractivity contribution in [3.63, 3.8) is 0 Å². The molecular formula is C12H22N2O4. The van der Waals surface area contributed by atoms with Crippen molar-refractivity contribution in [1.82, 2.24) is 10.2 Å². The molecule has 0 aliphatic heterocycles. The summed E-state index contributed by atoms with van der Waals surface area (Å²) in [5, 5.41) is 11.5. The van der Waals surface area contributed by atoms with E-state index in [-0.39, 0.29) is 18.7 Å². The SMILES string of the molecule is CCN(C(=O)NC(COC)C(=O)O)C1CCCC1. The summed E-state index contributed by atoms with van der Waals surface area (Å²) in [5.41, 5.74) is 0. The lowest BCUT2D eigenvalue weighted by Gasteiger charge is -2.29. The molecule has 1 aliphatic rings. The van der Waals surface area contributed by atoms with Crippen LogP contribution in [-0.4, -0.2) is 54.4 Å². The number of ether oxygens (including phenoxy) is 1. The quantitative estimate of drug-likeness (QED) is 0.746. The van der Waals surface area contributed by atoms with E-state index in [1.54, 1.807) is 4.90 Å². The number of methoxy groups -OCH3 is 1. The van der Waals surface area contributed by atoms with Gasteiger partial charge in [-0.15, -0.1) is 0 Å². The highest BCUT2D eigenvalue weighted by Gasteiger charge is 2.28. The van der Waals surface area contributed by atoms with Gasteiger partial charge in [0.1, 0.15) is 0 Å². The van der Waals surface area contributed by atoms with Crippen LogP contribution in [0.4, 0.5) is 4.79 Å². The number of urea groups is 1. The normalized spacial score (nSPS) is 17.4. The standard InChI is InChI=1S/C12H22N2O4/c1-3-14(9-6-4-5-7-9)12(17)13-10(8-18-2)11(15)16/h9-10H,3-8H2,1-2H3,(H,13,17)(H,15,16). The van der Waals surface area contributed by atoms with Crippen molar-refractivity contribution in [2.24, 2.45) is 0 Å². The first-order valence-corrected chi connectivity index (χ1v) is 6.39. The summed E-state index contributed by atoms with van der Waals surface area (Å²) in [5.74, 6) is -1.08. The molecule has 104 valence electrons. The van der Waals surface area contributed by atoms with E-state index in [1.807, 2.05) is 6.92 Å². The van der Waals surface area contributed by atoms with Gasteiger partial charge in [0.15, 0.2) is 6.04 Å². The highest BCUT2D eigenvalue weighted by Crippen LogP contribution is 2.23. The van der Waals surface area contributed by atoms with Crippen molar-refractivity contribution in [2.75, 3.05) is 20.3 Å². The Bertz CT molecular complexity index is 290. The first-order chi connectivity index (χ1) is 8.60. The van der Waals surface area contributed by atoms with Gasteiger partial charge < -0.3 is 20.1 Å². The van der Waals surface area contributed by atoms with E-state index in [9.17, 15) is 9.59 Å². The maximum absolute atomic E-state index is 12.0. The number of carboxylic acids is 1. The molecule has 6 heteroatoms. The maximum atomic E-state index is 12.0. The second kappa shape index (κ2) is 7.20. The van der Waals surface area contributed by atoms with Gasteiger partial charge in [0.05, 0.1) is 6.61 Å². The second-order valence-corrected chi connectivity index (χ2v) is 4.52. The zero-order valence-corrected chi connectivity index (χ0v) is 11.0. The summed E-state index contributed by atoms with van der Waals surface area (Å²) in [6, 6.07) is -1.06. The molecule has 0 heterocycles. The molecule has 18 heavy (non-hydrogen) atoms. The average Bonchev–Trinajstić information content (AvgIpc) is 2.83. The lowest BCUT2D eigenvalue weighted by atomic mass is 10.2. The fraction of sp³-hybridized carbons (Fsp3) is 0.833. The van der Waals surface area contributed by atoms with Gasteiger partial charge >= 0.3 is 12.0 Å². The van der Waals surface area contributed by atoms with Crippen LogP contribution in [0, 0.1) is 0 Å². The van der Waals surface area contributed by atoms with Crippen molar-refractivity contribution in [2.45, 2.75) is 44.7 Å². The van der Waals surface area contributed by atoms with E-state index in [0.717, 1.165) is 25.7 Å². The predicted molar refractivity (Wildman–Crippen MR) is 66.5 cm³/mol. The predicted octanol–water partition coefficient (Wildman–Crippen LogP) is 1.06. The van der Waals surface area contributed by atoms with Crippen LogP contribution in [-0.2, 0) is 9.53 Å². The molecule has 1 saturated carbocycles.